The van der Waals surface area contributed by atoms with Crippen molar-refractivity contribution in [3.63, 3.8) is 0 Å². The van der Waals surface area contributed by atoms with Crippen molar-refractivity contribution >= 4 is 40.7 Å². The Labute approximate surface area is 131 Å². The Hall–Kier alpha value is -1.04. The molecule has 2 aromatic rings. The standard InChI is InChI=1S/C14H14ClNO2S2/c1-4-18-14(17)12-8(2)16-13(20-12)10-6-5-9(15)7-11(10)19-3/h5-7H,4H2,1-3H3. The first-order chi connectivity index (χ1) is 9.56. The van der Waals surface area contributed by atoms with Gasteiger partial charge in [-0.3, -0.25) is 0 Å². The lowest BCUT2D eigenvalue weighted by molar-refractivity contribution is 0.0531. The van der Waals surface area contributed by atoms with E-state index in [1.165, 1.54) is 11.3 Å². The molecular weight excluding hydrogens is 314 g/mol. The fourth-order valence-corrected chi connectivity index (χ4v) is 3.67. The van der Waals surface area contributed by atoms with E-state index in [2.05, 4.69) is 4.98 Å². The Morgan fingerprint density at radius 1 is 1.50 bits per heavy atom. The molecule has 0 amide bonds. The number of hydrogen-bond donors (Lipinski definition) is 0. The molecule has 0 bridgehead atoms. The Kier molecular flexibility index (Phi) is 5.07. The second kappa shape index (κ2) is 6.61. The summed E-state index contributed by atoms with van der Waals surface area (Å²) in [5, 5.41) is 1.50. The smallest absolute Gasteiger partial charge is 0.350 e. The van der Waals surface area contributed by atoms with Crippen molar-refractivity contribution in [2.24, 2.45) is 0 Å². The average molecular weight is 328 g/mol. The van der Waals surface area contributed by atoms with Crippen LogP contribution in [0.4, 0.5) is 0 Å². The van der Waals surface area contributed by atoms with E-state index >= 15 is 0 Å². The third-order valence-electron chi connectivity index (χ3n) is 2.65. The van der Waals surface area contributed by atoms with Crippen molar-refractivity contribution in [1.29, 1.82) is 0 Å². The topological polar surface area (TPSA) is 39.2 Å². The number of esters is 1. The predicted molar refractivity (Wildman–Crippen MR) is 85.0 cm³/mol. The van der Waals surface area contributed by atoms with Crippen LogP contribution < -0.4 is 0 Å². The molecule has 2 rings (SSSR count). The van der Waals surface area contributed by atoms with E-state index in [4.69, 9.17) is 16.3 Å². The number of carbonyl (C=O) groups excluding carboxylic acids is 1. The third-order valence-corrected chi connectivity index (χ3v) is 4.83. The van der Waals surface area contributed by atoms with Gasteiger partial charge in [0, 0.05) is 15.5 Å². The summed E-state index contributed by atoms with van der Waals surface area (Å²) in [4.78, 5) is 17.9. The summed E-state index contributed by atoms with van der Waals surface area (Å²) in [5.41, 5.74) is 1.69. The summed E-state index contributed by atoms with van der Waals surface area (Å²) in [6.07, 6.45) is 1.99. The van der Waals surface area contributed by atoms with Gasteiger partial charge in [-0.25, -0.2) is 9.78 Å². The molecule has 3 nitrogen and oxygen atoms in total. The molecule has 0 saturated heterocycles. The van der Waals surface area contributed by atoms with Crippen LogP contribution in [0.2, 0.25) is 5.02 Å². The van der Waals surface area contributed by atoms with E-state index in [1.807, 2.05) is 31.4 Å². The lowest BCUT2D eigenvalue weighted by Crippen LogP contribution is -2.03. The van der Waals surface area contributed by atoms with Gasteiger partial charge in [0.1, 0.15) is 9.88 Å². The Bertz CT molecular complexity index is 640. The maximum Gasteiger partial charge on any atom is 0.350 e. The second-order valence-corrected chi connectivity index (χ2v) is 6.28. The van der Waals surface area contributed by atoms with Crippen LogP contribution in [0, 0.1) is 6.92 Å². The second-order valence-electron chi connectivity index (χ2n) is 4.00. The van der Waals surface area contributed by atoms with Gasteiger partial charge in [0.2, 0.25) is 0 Å². The fraction of sp³-hybridized carbons (Fsp3) is 0.286. The number of halogens is 1. The molecule has 0 aliphatic heterocycles. The lowest BCUT2D eigenvalue weighted by Gasteiger charge is -2.04. The van der Waals surface area contributed by atoms with Crippen LogP contribution in [0.3, 0.4) is 0 Å². The average Bonchev–Trinajstić information content (AvgIpc) is 2.80. The zero-order valence-corrected chi connectivity index (χ0v) is 13.8. The summed E-state index contributed by atoms with van der Waals surface area (Å²) < 4.78 is 5.04. The minimum atomic E-state index is -0.312. The summed E-state index contributed by atoms with van der Waals surface area (Å²) in [6, 6.07) is 5.67. The normalized spacial score (nSPS) is 10.6. The number of benzene rings is 1. The summed E-state index contributed by atoms with van der Waals surface area (Å²) in [5.74, 6) is -0.312. The molecule has 0 spiro atoms. The van der Waals surface area contributed by atoms with Crippen LogP contribution >= 0.6 is 34.7 Å². The van der Waals surface area contributed by atoms with Crippen molar-refractivity contribution < 1.29 is 9.53 Å². The van der Waals surface area contributed by atoms with E-state index in [-0.39, 0.29) is 5.97 Å². The molecule has 0 N–H and O–H groups in total. The first-order valence-corrected chi connectivity index (χ1v) is 8.47. The fourth-order valence-electron chi connectivity index (χ4n) is 1.74. The number of aryl methyl sites for hydroxylation is 1. The van der Waals surface area contributed by atoms with Gasteiger partial charge in [-0.05, 0) is 38.3 Å². The van der Waals surface area contributed by atoms with Crippen LogP contribution in [0.1, 0.15) is 22.3 Å². The van der Waals surface area contributed by atoms with Crippen molar-refractivity contribution in [3.05, 3.63) is 33.8 Å². The molecule has 1 heterocycles. The SMILES string of the molecule is CCOC(=O)c1sc(-c2ccc(Cl)cc2SC)nc1C. The van der Waals surface area contributed by atoms with Crippen molar-refractivity contribution in [2.75, 3.05) is 12.9 Å². The maximum atomic E-state index is 11.8. The van der Waals surface area contributed by atoms with E-state index in [0.29, 0.717) is 22.2 Å². The highest BCUT2D eigenvalue weighted by Gasteiger charge is 2.18. The first kappa shape index (κ1) is 15.4. The third kappa shape index (κ3) is 3.16. The van der Waals surface area contributed by atoms with Crippen molar-refractivity contribution in [3.8, 4) is 10.6 Å². The quantitative estimate of drug-likeness (QED) is 0.604. The summed E-state index contributed by atoms with van der Waals surface area (Å²) in [6.45, 7) is 3.98. The predicted octanol–water partition coefficient (Wildman–Crippen LogP) is 4.67. The Morgan fingerprint density at radius 3 is 2.90 bits per heavy atom. The molecule has 0 aliphatic carbocycles. The van der Waals surface area contributed by atoms with Gasteiger partial charge < -0.3 is 4.74 Å². The van der Waals surface area contributed by atoms with E-state index in [1.54, 1.807) is 18.7 Å². The minimum Gasteiger partial charge on any atom is -0.462 e. The van der Waals surface area contributed by atoms with Crippen molar-refractivity contribution in [2.45, 2.75) is 18.7 Å². The minimum absolute atomic E-state index is 0.312. The van der Waals surface area contributed by atoms with E-state index in [9.17, 15) is 4.79 Å². The molecule has 0 aliphatic rings. The summed E-state index contributed by atoms with van der Waals surface area (Å²) >= 11 is 8.96. The summed E-state index contributed by atoms with van der Waals surface area (Å²) in [7, 11) is 0. The van der Waals surface area contributed by atoms with Crippen LogP contribution in [0.25, 0.3) is 10.6 Å². The first-order valence-electron chi connectivity index (χ1n) is 6.05. The molecule has 0 radical (unpaired) electrons. The van der Waals surface area contributed by atoms with Crippen LogP contribution in [-0.4, -0.2) is 23.8 Å². The number of hydrogen-bond acceptors (Lipinski definition) is 5. The van der Waals surface area contributed by atoms with Crippen LogP contribution in [-0.2, 0) is 4.74 Å². The number of nitrogens with zero attached hydrogens (tertiary/aromatic N) is 1. The number of carbonyl (C=O) groups is 1. The van der Waals surface area contributed by atoms with Crippen LogP contribution in [0.5, 0.6) is 0 Å². The zero-order chi connectivity index (χ0) is 14.7. The van der Waals surface area contributed by atoms with Gasteiger partial charge in [0.25, 0.3) is 0 Å². The zero-order valence-electron chi connectivity index (χ0n) is 11.4. The van der Waals surface area contributed by atoms with Gasteiger partial charge in [0.15, 0.2) is 0 Å². The van der Waals surface area contributed by atoms with Crippen molar-refractivity contribution in [1.82, 2.24) is 4.98 Å². The van der Waals surface area contributed by atoms with Crippen LogP contribution in [0.15, 0.2) is 23.1 Å². The molecule has 1 aromatic heterocycles. The number of thioether (sulfide) groups is 1. The number of aromatic nitrogens is 1. The Balaban J connectivity index is 2.44. The number of ether oxygens (including phenoxy) is 1. The molecule has 1 aromatic carbocycles. The maximum absolute atomic E-state index is 11.8. The van der Waals surface area contributed by atoms with Gasteiger partial charge >= 0.3 is 5.97 Å². The van der Waals surface area contributed by atoms with E-state index in [0.717, 1.165) is 15.5 Å². The van der Waals surface area contributed by atoms with Gasteiger partial charge in [-0.15, -0.1) is 23.1 Å². The molecule has 20 heavy (non-hydrogen) atoms. The lowest BCUT2D eigenvalue weighted by atomic mass is 10.2. The monoisotopic (exact) mass is 327 g/mol. The van der Waals surface area contributed by atoms with E-state index < -0.39 is 0 Å². The number of rotatable bonds is 4. The molecule has 0 saturated carbocycles. The molecule has 0 fully saturated rings. The highest BCUT2D eigenvalue weighted by molar-refractivity contribution is 7.98. The number of thiazole rings is 1. The molecule has 106 valence electrons. The van der Waals surface area contributed by atoms with Gasteiger partial charge in [0.05, 0.1) is 12.3 Å². The molecule has 0 unspecified atom stereocenters. The highest BCUT2D eigenvalue weighted by atomic mass is 35.5. The molecular formula is C14H14ClNO2S2. The molecule has 6 heteroatoms. The Morgan fingerprint density at radius 2 is 2.25 bits per heavy atom. The highest BCUT2D eigenvalue weighted by Crippen LogP contribution is 2.36. The molecule has 0 atom stereocenters. The van der Waals surface area contributed by atoms with Gasteiger partial charge in [-0.2, -0.15) is 0 Å². The largest absolute Gasteiger partial charge is 0.462 e. The van der Waals surface area contributed by atoms with Gasteiger partial charge in [-0.1, -0.05) is 11.6 Å².